The summed E-state index contributed by atoms with van der Waals surface area (Å²) in [6.45, 7) is 5.81. The van der Waals surface area contributed by atoms with E-state index in [0.29, 0.717) is 6.42 Å². The fourth-order valence-electron chi connectivity index (χ4n) is 4.06. The maximum absolute atomic E-state index is 11.1. The third-order valence-electron chi connectivity index (χ3n) is 6.16. The Morgan fingerprint density at radius 2 is 0.867 bits per heavy atom. The lowest BCUT2D eigenvalue weighted by Crippen LogP contribution is -1.91. The van der Waals surface area contributed by atoms with E-state index in [2.05, 4.69) is 25.7 Å². The highest BCUT2D eigenvalue weighted by molar-refractivity contribution is 5.88. The maximum Gasteiger partial charge on any atom is 0.155 e. The Morgan fingerprint density at radius 3 is 1.23 bits per heavy atom. The fraction of sp³-hybridized carbons (Fsp3) is 0.828. The van der Waals surface area contributed by atoms with Gasteiger partial charge in [0.1, 0.15) is 0 Å². The quantitative estimate of drug-likeness (QED) is 0.0818. The second-order valence-corrected chi connectivity index (χ2v) is 9.19. The summed E-state index contributed by atoms with van der Waals surface area (Å²) in [6, 6.07) is 0. The molecule has 0 saturated carbocycles. The first-order chi connectivity index (χ1) is 14.8. The van der Waals surface area contributed by atoms with Crippen LogP contribution in [0.15, 0.2) is 24.8 Å². The van der Waals surface area contributed by atoms with E-state index in [1.807, 2.05) is 0 Å². The summed E-state index contributed by atoms with van der Waals surface area (Å²) >= 11 is 0. The Labute approximate surface area is 190 Å². The average Bonchev–Trinajstić information content (AvgIpc) is 2.76. The molecule has 0 aliphatic heterocycles. The molecule has 0 rings (SSSR count). The molecule has 0 saturated heterocycles. The molecule has 176 valence electrons. The zero-order valence-electron chi connectivity index (χ0n) is 20.6. The molecule has 0 aromatic carbocycles. The topological polar surface area (TPSA) is 17.1 Å². The van der Waals surface area contributed by atoms with Crippen LogP contribution >= 0.6 is 0 Å². The summed E-state index contributed by atoms with van der Waals surface area (Å²) in [5.41, 5.74) is 0. The summed E-state index contributed by atoms with van der Waals surface area (Å²) in [5.74, 6) is 0.200. The van der Waals surface area contributed by atoms with Crippen LogP contribution in [-0.2, 0) is 4.79 Å². The van der Waals surface area contributed by atoms with Crippen molar-refractivity contribution in [2.24, 2.45) is 0 Å². The molecule has 1 heteroatoms. The van der Waals surface area contributed by atoms with Crippen LogP contribution in [0.2, 0.25) is 0 Å². The molecule has 0 radical (unpaired) electrons. The number of unbranched alkanes of at least 4 members (excludes halogenated alkanes) is 20. The normalized spacial score (nSPS) is 11.4. The third kappa shape index (κ3) is 25.2. The number of carbonyl (C=O) groups is 1. The van der Waals surface area contributed by atoms with Gasteiger partial charge in [0, 0.05) is 6.42 Å². The molecule has 0 atom stereocenters. The van der Waals surface area contributed by atoms with Crippen molar-refractivity contribution in [2.45, 2.75) is 155 Å². The first-order valence-corrected chi connectivity index (χ1v) is 13.6. The summed E-state index contributed by atoms with van der Waals surface area (Å²) in [5, 5.41) is 0. The van der Waals surface area contributed by atoms with Crippen molar-refractivity contribution in [1.29, 1.82) is 0 Å². The minimum atomic E-state index is 0.200. The molecular formula is C29H54O. The van der Waals surface area contributed by atoms with Gasteiger partial charge in [0.15, 0.2) is 5.78 Å². The van der Waals surface area contributed by atoms with Crippen molar-refractivity contribution in [3.05, 3.63) is 24.8 Å². The highest BCUT2D eigenvalue weighted by atomic mass is 16.1. The zero-order valence-corrected chi connectivity index (χ0v) is 20.6. The minimum Gasteiger partial charge on any atom is -0.295 e. The van der Waals surface area contributed by atoms with Gasteiger partial charge in [-0.25, -0.2) is 0 Å². The highest BCUT2D eigenvalue weighted by Crippen LogP contribution is 2.14. The van der Waals surface area contributed by atoms with E-state index in [1.165, 1.54) is 141 Å². The largest absolute Gasteiger partial charge is 0.295 e. The number of ketones is 1. The summed E-state index contributed by atoms with van der Waals surface area (Å²) < 4.78 is 0. The van der Waals surface area contributed by atoms with Crippen LogP contribution in [0.25, 0.3) is 0 Å². The van der Waals surface area contributed by atoms with E-state index in [1.54, 1.807) is 0 Å². The van der Waals surface area contributed by atoms with E-state index < -0.39 is 0 Å². The number of allylic oxidation sites excluding steroid dienone is 3. The van der Waals surface area contributed by atoms with Crippen LogP contribution in [-0.4, -0.2) is 5.78 Å². The van der Waals surface area contributed by atoms with Gasteiger partial charge in [-0.05, 0) is 38.2 Å². The zero-order chi connectivity index (χ0) is 22.0. The molecule has 1 nitrogen and oxygen atoms in total. The van der Waals surface area contributed by atoms with E-state index in [9.17, 15) is 4.79 Å². The van der Waals surface area contributed by atoms with Gasteiger partial charge in [0.05, 0.1) is 0 Å². The summed E-state index contributed by atoms with van der Waals surface area (Å²) in [4.78, 5) is 11.1. The predicted molar refractivity (Wildman–Crippen MR) is 136 cm³/mol. The van der Waals surface area contributed by atoms with Gasteiger partial charge >= 0.3 is 0 Å². The molecule has 0 fully saturated rings. The molecule has 0 amide bonds. The Morgan fingerprint density at radius 1 is 0.533 bits per heavy atom. The summed E-state index contributed by atoms with van der Waals surface area (Å²) in [6.07, 6.45) is 37.0. The van der Waals surface area contributed by atoms with E-state index in [4.69, 9.17) is 0 Å². The van der Waals surface area contributed by atoms with Gasteiger partial charge in [-0.2, -0.15) is 0 Å². The van der Waals surface area contributed by atoms with Crippen LogP contribution in [0.3, 0.4) is 0 Å². The molecular weight excluding hydrogens is 364 g/mol. The van der Waals surface area contributed by atoms with Crippen LogP contribution < -0.4 is 0 Å². The standard InChI is InChI=1S/C29H54O/c1-3-5-6-7-8-9-10-11-12-13-14-15-16-17-18-19-20-21-22-23-24-25-26-27-28-29(30)4-2/h4,11-12H,2-3,5-10,13-28H2,1H3/b12-11+. The molecule has 0 N–H and O–H groups in total. The van der Waals surface area contributed by atoms with E-state index >= 15 is 0 Å². The predicted octanol–water partition coefficient (Wildman–Crippen LogP) is 10.3. The lowest BCUT2D eigenvalue weighted by Gasteiger charge is -2.03. The van der Waals surface area contributed by atoms with Gasteiger partial charge in [-0.15, -0.1) is 0 Å². The first kappa shape index (κ1) is 29.1. The summed E-state index contributed by atoms with van der Waals surface area (Å²) in [7, 11) is 0. The monoisotopic (exact) mass is 418 g/mol. The van der Waals surface area contributed by atoms with Crippen LogP contribution in [0.5, 0.6) is 0 Å². The van der Waals surface area contributed by atoms with Gasteiger partial charge < -0.3 is 0 Å². The third-order valence-corrected chi connectivity index (χ3v) is 6.16. The number of carbonyl (C=O) groups excluding carboxylic acids is 1. The lowest BCUT2D eigenvalue weighted by molar-refractivity contribution is -0.114. The molecule has 0 aliphatic carbocycles. The van der Waals surface area contributed by atoms with Crippen LogP contribution in [0.4, 0.5) is 0 Å². The first-order valence-electron chi connectivity index (χ1n) is 13.6. The van der Waals surface area contributed by atoms with Crippen LogP contribution in [0.1, 0.15) is 155 Å². The Kier molecular flexibility index (Phi) is 25.4. The second-order valence-electron chi connectivity index (χ2n) is 9.19. The minimum absolute atomic E-state index is 0.200. The SMILES string of the molecule is C=CC(=O)CCCCCCCCCCCCCCCC/C=C/CCCCCCCC. The van der Waals surface area contributed by atoms with Gasteiger partial charge in [0.2, 0.25) is 0 Å². The second kappa shape index (κ2) is 26.2. The van der Waals surface area contributed by atoms with Crippen molar-refractivity contribution in [3.8, 4) is 0 Å². The van der Waals surface area contributed by atoms with Crippen LogP contribution in [0, 0.1) is 0 Å². The van der Waals surface area contributed by atoms with E-state index in [0.717, 1.165) is 6.42 Å². The average molecular weight is 419 g/mol. The molecule has 0 spiro atoms. The fourth-order valence-corrected chi connectivity index (χ4v) is 4.06. The molecule has 30 heavy (non-hydrogen) atoms. The van der Waals surface area contributed by atoms with Crippen molar-refractivity contribution in [1.82, 2.24) is 0 Å². The Balaban J connectivity index is 3.08. The lowest BCUT2D eigenvalue weighted by atomic mass is 10.0. The Bertz CT molecular complexity index is 382. The maximum atomic E-state index is 11.1. The number of hydrogen-bond acceptors (Lipinski definition) is 1. The molecule has 0 aromatic rings. The van der Waals surface area contributed by atoms with Gasteiger partial charge in [-0.3, -0.25) is 4.79 Å². The van der Waals surface area contributed by atoms with Crippen molar-refractivity contribution in [2.75, 3.05) is 0 Å². The van der Waals surface area contributed by atoms with Crippen molar-refractivity contribution in [3.63, 3.8) is 0 Å². The van der Waals surface area contributed by atoms with Gasteiger partial charge in [-0.1, -0.05) is 135 Å². The highest BCUT2D eigenvalue weighted by Gasteiger charge is 1.97. The molecule has 0 heterocycles. The molecule has 0 aromatic heterocycles. The number of rotatable bonds is 25. The molecule has 0 bridgehead atoms. The molecule has 0 unspecified atom stereocenters. The van der Waals surface area contributed by atoms with Gasteiger partial charge in [0.25, 0.3) is 0 Å². The Hall–Kier alpha value is -0.850. The van der Waals surface area contributed by atoms with E-state index in [-0.39, 0.29) is 5.78 Å². The smallest absolute Gasteiger partial charge is 0.155 e. The van der Waals surface area contributed by atoms with Crippen molar-refractivity contribution >= 4 is 5.78 Å². The molecule has 0 aliphatic rings. The van der Waals surface area contributed by atoms with Crippen molar-refractivity contribution < 1.29 is 4.79 Å². The number of hydrogen-bond donors (Lipinski definition) is 0.